The number of nitrogens with zero attached hydrogens (tertiary/aromatic N) is 1. The van der Waals surface area contributed by atoms with Crippen LogP contribution < -0.4 is 0 Å². The maximum absolute atomic E-state index is 13.2. The quantitative estimate of drug-likeness (QED) is 0.317. The third-order valence-corrected chi connectivity index (χ3v) is 4.69. The number of hydrogen-bond donors (Lipinski definition) is 0. The minimum absolute atomic E-state index is 0.293. The van der Waals surface area contributed by atoms with Crippen LogP contribution in [0.15, 0.2) is 83.4 Å². The molecule has 0 bridgehead atoms. The fourth-order valence-corrected chi connectivity index (χ4v) is 3.27. The van der Waals surface area contributed by atoms with Crippen LogP contribution in [0.4, 0.5) is 8.78 Å². The Morgan fingerprint density at radius 2 is 1.52 bits per heavy atom. The van der Waals surface area contributed by atoms with Crippen LogP contribution in [0.5, 0.6) is 0 Å². The summed E-state index contributed by atoms with van der Waals surface area (Å²) in [5.41, 5.74) is 3.68. The van der Waals surface area contributed by atoms with Gasteiger partial charge in [0, 0.05) is 33.7 Å². The number of aromatic nitrogens is 1. The summed E-state index contributed by atoms with van der Waals surface area (Å²) in [7, 11) is 0. The van der Waals surface area contributed by atoms with Crippen LogP contribution in [-0.4, -0.2) is 4.98 Å². The Morgan fingerprint density at radius 3 is 2.28 bits per heavy atom. The van der Waals surface area contributed by atoms with Gasteiger partial charge in [0.2, 0.25) is 0 Å². The van der Waals surface area contributed by atoms with E-state index >= 15 is 0 Å². The summed E-state index contributed by atoms with van der Waals surface area (Å²) < 4.78 is 32.4. The first kappa shape index (κ1) is 17.2. The summed E-state index contributed by atoms with van der Waals surface area (Å²) in [6.07, 6.45) is 1.71. The Balaban J connectivity index is 1.68. The molecule has 0 fully saturated rings. The van der Waals surface area contributed by atoms with Crippen LogP contribution in [0, 0.1) is 23.5 Å². The Kier molecular flexibility index (Phi) is 4.07. The molecule has 0 N–H and O–H groups in total. The maximum Gasteiger partial charge on any atom is 0.161 e. The SMILES string of the molecule is Fc1ccc(C#Cc2cc3cc(-c4ccc(F)cc4)oc3c3ncccc23)cc1. The summed E-state index contributed by atoms with van der Waals surface area (Å²) in [5, 5.41) is 1.73. The van der Waals surface area contributed by atoms with Gasteiger partial charge in [-0.05, 0) is 72.8 Å². The fourth-order valence-electron chi connectivity index (χ4n) is 3.27. The zero-order valence-electron chi connectivity index (χ0n) is 15.1. The van der Waals surface area contributed by atoms with E-state index in [1.54, 1.807) is 30.5 Å². The highest BCUT2D eigenvalue weighted by atomic mass is 19.1. The Labute approximate surface area is 165 Å². The molecule has 4 heteroatoms. The molecule has 0 aliphatic carbocycles. The third-order valence-electron chi connectivity index (χ3n) is 4.69. The predicted octanol–water partition coefficient (Wildman–Crippen LogP) is 6.33. The molecule has 0 spiro atoms. The minimum atomic E-state index is -0.296. The fraction of sp³-hybridized carbons (Fsp3) is 0. The average molecular weight is 381 g/mol. The van der Waals surface area contributed by atoms with Crippen LogP contribution in [0.2, 0.25) is 0 Å². The summed E-state index contributed by atoms with van der Waals surface area (Å²) in [6, 6.07) is 19.9. The molecule has 0 radical (unpaired) electrons. The van der Waals surface area contributed by atoms with Crippen molar-refractivity contribution in [1.29, 1.82) is 0 Å². The van der Waals surface area contributed by atoms with E-state index in [1.807, 2.05) is 24.3 Å². The maximum atomic E-state index is 13.2. The van der Waals surface area contributed by atoms with E-state index in [9.17, 15) is 8.78 Å². The van der Waals surface area contributed by atoms with E-state index in [4.69, 9.17) is 4.42 Å². The summed E-state index contributed by atoms with van der Waals surface area (Å²) >= 11 is 0. The molecule has 0 saturated carbocycles. The number of benzene rings is 3. The number of furan rings is 1. The monoisotopic (exact) mass is 381 g/mol. The van der Waals surface area contributed by atoms with Gasteiger partial charge >= 0.3 is 0 Å². The lowest BCUT2D eigenvalue weighted by molar-refractivity contribution is 0.624. The molecule has 5 rings (SSSR count). The highest BCUT2D eigenvalue weighted by Gasteiger charge is 2.13. The van der Waals surface area contributed by atoms with Gasteiger partial charge < -0.3 is 4.42 Å². The van der Waals surface area contributed by atoms with Gasteiger partial charge in [-0.3, -0.25) is 4.98 Å². The van der Waals surface area contributed by atoms with Crippen molar-refractivity contribution >= 4 is 21.9 Å². The van der Waals surface area contributed by atoms with Crippen molar-refractivity contribution in [2.75, 3.05) is 0 Å². The van der Waals surface area contributed by atoms with Crippen molar-refractivity contribution in [1.82, 2.24) is 4.98 Å². The minimum Gasteiger partial charge on any atom is -0.454 e. The average Bonchev–Trinajstić information content (AvgIpc) is 3.18. The van der Waals surface area contributed by atoms with Crippen molar-refractivity contribution in [3.63, 3.8) is 0 Å². The summed E-state index contributed by atoms with van der Waals surface area (Å²) in [6.45, 7) is 0. The second-order valence-corrected chi connectivity index (χ2v) is 6.62. The van der Waals surface area contributed by atoms with Crippen LogP contribution in [0.3, 0.4) is 0 Å². The van der Waals surface area contributed by atoms with Gasteiger partial charge in [0.1, 0.15) is 22.9 Å². The van der Waals surface area contributed by atoms with E-state index in [0.717, 1.165) is 27.5 Å². The molecule has 3 aromatic carbocycles. The molecule has 2 heterocycles. The largest absolute Gasteiger partial charge is 0.454 e. The Bertz CT molecular complexity index is 1410. The normalized spacial score (nSPS) is 10.8. The molecule has 0 saturated heterocycles. The smallest absolute Gasteiger partial charge is 0.161 e. The van der Waals surface area contributed by atoms with E-state index in [0.29, 0.717) is 16.9 Å². The lowest BCUT2D eigenvalue weighted by atomic mass is 10.0. The van der Waals surface area contributed by atoms with Crippen molar-refractivity contribution in [2.24, 2.45) is 0 Å². The molecule has 0 aliphatic rings. The van der Waals surface area contributed by atoms with Gasteiger partial charge in [0.15, 0.2) is 5.58 Å². The van der Waals surface area contributed by atoms with E-state index in [1.165, 1.54) is 24.3 Å². The van der Waals surface area contributed by atoms with Crippen LogP contribution >= 0.6 is 0 Å². The topological polar surface area (TPSA) is 26.0 Å². The standard InChI is InChI=1S/C25H13F2NO/c26-20-9-4-16(5-10-20)3-6-18-14-19-15-23(17-7-11-21(27)12-8-17)29-25(19)24-22(18)2-1-13-28-24/h1-2,4-5,7-15H. The zero-order valence-corrected chi connectivity index (χ0v) is 15.1. The van der Waals surface area contributed by atoms with E-state index in [2.05, 4.69) is 16.8 Å². The summed E-state index contributed by atoms with van der Waals surface area (Å²) in [5.74, 6) is 6.29. The molecule has 138 valence electrons. The highest BCUT2D eigenvalue weighted by molar-refractivity contribution is 6.06. The molecule has 2 nitrogen and oxygen atoms in total. The van der Waals surface area contributed by atoms with E-state index in [-0.39, 0.29) is 11.6 Å². The van der Waals surface area contributed by atoms with Crippen LogP contribution in [0.1, 0.15) is 11.1 Å². The number of halogens is 2. The first-order valence-corrected chi connectivity index (χ1v) is 9.02. The van der Waals surface area contributed by atoms with Gasteiger partial charge in [-0.1, -0.05) is 11.8 Å². The molecular weight excluding hydrogens is 368 g/mol. The number of rotatable bonds is 1. The Morgan fingerprint density at radius 1 is 0.793 bits per heavy atom. The number of hydrogen-bond acceptors (Lipinski definition) is 2. The molecule has 2 aromatic heterocycles. The second-order valence-electron chi connectivity index (χ2n) is 6.62. The van der Waals surface area contributed by atoms with Gasteiger partial charge in [0.25, 0.3) is 0 Å². The summed E-state index contributed by atoms with van der Waals surface area (Å²) in [4.78, 5) is 4.49. The molecular formula is C25H13F2NO. The van der Waals surface area contributed by atoms with Gasteiger partial charge in [-0.25, -0.2) is 8.78 Å². The van der Waals surface area contributed by atoms with Gasteiger partial charge in [-0.2, -0.15) is 0 Å². The van der Waals surface area contributed by atoms with Crippen molar-refractivity contribution < 1.29 is 13.2 Å². The molecule has 5 aromatic rings. The third kappa shape index (κ3) is 3.24. The molecule has 0 amide bonds. The highest BCUT2D eigenvalue weighted by Crippen LogP contribution is 2.33. The lowest BCUT2D eigenvalue weighted by Crippen LogP contribution is -1.84. The van der Waals surface area contributed by atoms with E-state index < -0.39 is 0 Å². The first-order chi connectivity index (χ1) is 14.2. The molecule has 0 unspecified atom stereocenters. The Hall–Kier alpha value is -3.97. The van der Waals surface area contributed by atoms with Crippen LogP contribution in [0.25, 0.3) is 33.2 Å². The number of fused-ring (bicyclic) bond motifs is 3. The van der Waals surface area contributed by atoms with Crippen molar-refractivity contribution in [3.8, 4) is 23.2 Å². The molecule has 0 atom stereocenters. The lowest BCUT2D eigenvalue weighted by Gasteiger charge is -2.01. The van der Waals surface area contributed by atoms with Crippen molar-refractivity contribution in [3.05, 3.63) is 102 Å². The van der Waals surface area contributed by atoms with Gasteiger partial charge in [-0.15, -0.1) is 0 Å². The zero-order chi connectivity index (χ0) is 19.8. The van der Waals surface area contributed by atoms with Crippen LogP contribution in [-0.2, 0) is 0 Å². The predicted molar refractivity (Wildman–Crippen MR) is 109 cm³/mol. The molecule has 29 heavy (non-hydrogen) atoms. The van der Waals surface area contributed by atoms with Gasteiger partial charge in [0.05, 0.1) is 0 Å². The first-order valence-electron chi connectivity index (χ1n) is 9.02. The number of pyridine rings is 1. The van der Waals surface area contributed by atoms with Crippen molar-refractivity contribution in [2.45, 2.75) is 0 Å². The molecule has 0 aliphatic heterocycles. The second kappa shape index (κ2) is 6.88.